The highest BCUT2D eigenvalue weighted by Gasteiger charge is 2.28. The minimum atomic E-state index is -3.69. The number of hydrogen-bond acceptors (Lipinski definition) is 5. The molecule has 7 nitrogen and oxygen atoms in total. The van der Waals surface area contributed by atoms with Crippen molar-refractivity contribution >= 4 is 38.4 Å². The highest BCUT2D eigenvalue weighted by molar-refractivity contribution is 7.89. The summed E-state index contributed by atoms with van der Waals surface area (Å²) >= 11 is 0. The number of nitrogens with one attached hydrogen (secondary N) is 1. The number of fused-ring (bicyclic) bond motifs is 1. The van der Waals surface area contributed by atoms with Gasteiger partial charge in [-0.1, -0.05) is 42.5 Å². The molecule has 0 saturated heterocycles. The topological polar surface area (TPSA) is 92.8 Å². The van der Waals surface area contributed by atoms with Crippen molar-refractivity contribution in [3.8, 4) is 0 Å². The first-order valence-corrected chi connectivity index (χ1v) is 11.9. The monoisotopic (exact) mass is 452 g/mol. The van der Waals surface area contributed by atoms with Gasteiger partial charge in [-0.05, 0) is 49.4 Å². The Balaban J connectivity index is 1.46. The number of carbonyl (C=O) groups excluding carboxylic acids is 2. The lowest BCUT2D eigenvalue weighted by Gasteiger charge is -2.22. The summed E-state index contributed by atoms with van der Waals surface area (Å²) in [5, 5.41) is 1.93. The lowest BCUT2D eigenvalue weighted by atomic mass is 10.1. The van der Waals surface area contributed by atoms with Gasteiger partial charge in [-0.3, -0.25) is 4.79 Å². The normalized spacial score (nSPS) is 13.7. The first-order valence-electron chi connectivity index (χ1n) is 10.5. The molecule has 0 heterocycles. The number of anilines is 1. The van der Waals surface area contributed by atoms with E-state index in [0.717, 1.165) is 29.3 Å². The number of ether oxygens (including phenoxy) is 1. The second-order valence-electron chi connectivity index (χ2n) is 7.64. The fraction of sp³-hybridized carbons (Fsp3) is 0.250. The maximum absolute atomic E-state index is 12.9. The minimum absolute atomic E-state index is 0.00360. The van der Waals surface area contributed by atoms with Gasteiger partial charge in [0.15, 0.2) is 6.61 Å². The molecule has 1 N–H and O–H groups in total. The van der Waals surface area contributed by atoms with E-state index in [0.29, 0.717) is 6.54 Å². The van der Waals surface area contributed by atoms with Crippen LogP contribution in [0.4, 0.5) is 5.69 Å². The van der Waals surface area contributed by atoms with Gasteiger partial charge in [0, 0.05) is 18.0 Å². The predicted octanol–water partition coefficient (Wildman–Crippen LogP) is 3.49. The maximum atomic E-state index is 12.9. The van der Waals surface area contributed by atoms with Crippen molar-refractivity contribution < 1.29 is 22.7 Å². The average molecular weight is 453 g/mol. The maximum Gasteiger partial charge on any atom is 0.338 e. The summed E-state index contributed by atoms with van der Waals surface area (Å²) in [7, 11) is -3.69. The summed E-state index contributed by atoms with van der Waals surface area (Å²) < 4.78 is 32.6. The van der Waals surface area contributed by atoms with E-state index in [-0.39, 0.29) is 22.4 Å². The molecule has 1 amide bonds. The van der Waals surface area contributed by atoms with Crippen LogP contribution < -0.4 is 9.62 Å². The molecular weight excluding hydrogens is 428 g/mol. The highest BCUT2D eigenvalue weighted by Crippen LogP contribution is 2.27. The summed E-state index contributed by atoms with van der Waals surface area (Å²) in [6, 6.07) is 19.0. The molecule has 0 aliphatic heterocycles. The number of benzene rings is 3. The van der Waals surface area contributed by atoms with E-state index in [2.05, 4.69) is 4.72 Å². The van der Waals surface area contributed by atoms with Crippen LogP contribution in [0.1, 0.15) is 30.1 Å². The molecule has 0 radical (unpaired) electrons. The molecule has 3 aromatic rings. The van der Waals surface area contributed by atoms with Gasteiger partial charge in [0.25, 0.3) is 5.91 Å². The van der Waals surface area contributed by atoms with Crippen molar-refractivity contribution in [1.29, 1.82) is 0 Å². The molecule has 8 heteroatoms. The molecule has 1 aliphatic rings. The molecule has 166 valence electrons. The van der Waals surface area contributed by atoms with E-state index in [9.17, 15) is 18.0 Å². The van der Waals surface area contributed by atoms with Gasteiger partial charge in [0.1, 0.15) is 0 Å². The number of amides is 1. The number of esters is 1. The lowest BCUT2D eigenvalue weighted by Crippen LogP contribution is -2.34. The molecule has 0 bridgehead atoms. The molecule has 0 spiro atoms. The van der Waals surface area contributed by atoms with Gasteiger partial charge in [0.05, 0.1) is 16.1 Å². The van der Waals surface area contributed by atoms with E-state index >= 15 is 0 Å². The van der Waals surface area contributed by atoms with Crippen LogP contribution in [0.2, 0.25) is 0 Å². The van der Waals surface area contributed by atoms with Crippen molar-refractivity contribution in [2.45, 2.75) is 30.7 Å². The second-order valence-corrected chi connectivity index (χ2v) is 9.35. The van der Waals surface area contributed by atoms with Crippen LogP contribution in [0.15, 0.2) is 71.6 Å². The van der Waals surface area contributed by atoms with E-state index < -0.39 is 22.6 Å². The van der Waals surface area contributed by atoms with E-state index in [4.69, 9.17) is 4.74 Å². The zero-order valence-electron chi connectivity index (χ0n) is 17.7. The van der Waals surface area contributed by atoms with Crippen molar-refractivity contribution in [2.24, 2.45) is 0 Å². The van der Waals surface area contributed by atoms with Crippen molar-refractivity contribution in [1.82, 2.24) is 4.72 Å². The third kappa shape index (κ3) is 4.81. The number of hydrogen-bond donors (Lipinski definition) is 1. The molecular formula is C24H24N2O5S. The Morgan fingerprint density at radius 2 is 1.75 bits per heavy atom. The van der Waals surface area contributed by atoms with Gasteiger partial charge in [-0.15, -0.1) is 0 Å². The zero-order chi connectivity index (χ0) is 22.7. The Morgan fingerprint density at radius 3 is 2.50 bits per heavy atom. The molecule has 0 unspecified atom stereocenters. The molecule has 1 fully saturated rings. The van der Waals surface area contributed by atoms with Crippen LogP contribution in [-0.2, 0) is 19.6 Å². The summed E-state index contributed by atoms with van der Waals surface area (Å²) in [6.45, 7) is 1.81. The van der Waals surface area contributed by atoms with Crippen molar-refractivity contribution in [3.05, 3.63) is 72.3 Å². The summed E-state index contributed by atoms with van der Waals surface area (Å²) in [4.78, 5) is 26.9. The van der Waals surface area contributed by atoms with Gasteiger partial charge < -0.3 is 9.64 Å². The molecule has 1 saturated carbocycles. The minimum Gasteiger partial charge on any atom is -0.452 e. The number of carbonyl (C=O) groups is 2. The predicted molar refractivity (Wildman–Crippen MR) is 122 cm³/mol. The molecule has 4 rings (SSSR count). The van der Waals surface area contributed by atoms with E-state index in [1.165, 1.54) is 24.3 Å². The number of sulfonamides is 1. The third-order valence-electron chi connectivity index (χ3n) is 5.28. The Labute approximate surface area is 187 Å². The molecule has 1 aliphatic carbocycles. The SMILES string of the molecule is CCN(C(=O)COC(=O)c1cccc(S(=O)(=O)NC2CC2)c1)c1cccc2ccccc12. The van der Waals surface area contributed by atoms with Crippen molar-refractivity contribution in [3.63, 3.8) is 0 Å². The van der Waals surface area contributed by atoms with Crippen LogP contribution >= 0.6 is 0 Å². The Morgan fingerprint density at radius 1 is 1.03 bits per heavy atom. The van der Waals surface area contributed by atoms with Gasteiger partial charge in [-0.2, -0.15) is 0 Å². The second kappa shape index (κ2) is 9.10. The number of nitrogens with zero attached hydrogens (tertiary/aromatic N) is 1. The molecule has 0 aromatic heterocycles. The summed E-state index contributed by atoms with van der Waals surface area (Å²) in [5.41, 5.74) is 0.815. The Hall–Kier alpha value is -3.23. The third-order valence-corrected chi connectivity index (χ3v) is 6.80. The highest BCUT2D eigenvalue weighted by atomic mass is 32.2. The molecule has 0 atom stereocenters. The molecule has 3 aromatic carbocycles. The summed E-state index contributed by atoms with van der Waals surface area (Å²) in [5.74, 6) is -1.12. The standard InChI is InChI=1S/C24H24N2O5S/c1-2-26(22-12-6-8-17-7-3-4-11-21(17)22)23(27)16-31-24(28)18-9-5-10-20(15-18)32(29,30)25-19-13-14-19/h3-12,15,19,25H,2,13-14,16H2,1H3. The largest absolute Gasteiger partial charge is 0.452 e. The molecule has 32 heavy (non-hydrogen) atoms. The number of rotatable bonds is 8. The van der Waals surface area contributed by atoms with Gasteiger partial charge in [-0.25, -0.2) is 17.9 Å². The fourth-order valence-corrected chi connectivity index (χ4v) is 4.84. The van der Waals surface area contributed by atoms with E-state index in [1.807, 2.05) is 49.4 Å². The summed E-state index contributed by atoms with van der Waals surface area (Å²) in [6.07, 6.45) is 1.63. The van der Waals surface area contributed by atoms with Crippen molar-refractivity contribution in [2.75, 3.05) is 18.1 Å². The van der Waals surface area contributed by atoms with E-state index in [1.54, 1.807) is 4.90 Å². The quantitative estimate of drug-likeness (QED) is 0.528. The number of likely N-dealkylation sites (N-methyl/N-ethyl adjacent to an activating group) is 1. The van der Waals surface area contributed by atoms with Crippen LogP contribution in [0.25, 0.3) is 10.8 Å². The Kier molecular flexibility index (Phi) is 6.25. The van der Waals surface area contributed by atoms with Gasteiger partial charge >= 0.3 is 5.97 Å². The lowest BCUT2D eigenvalue weighted by molar-refractivity contribution is -0.121. The van der Waals surface area contributed by atoms with Crippen LogP contribution in [0.5, 0.6) is 0 Å². The smallest absolute Gasteiger partial charge is 0.338 e. The zero-order valence-corrected chi connectivity index (χ0v) is 18.5. The fourth-order valence-electron chi connectivity index (χ4n) is 3.49. The average Bonchev–Trinajstić information content (AvgIpc) is 3.61. The van der Waals surface area contributed by atoms with Gasteiger partial charge in [0.2, 0.25) is 10.0 Å². The van der Waals surface area contributed by atoms with Crippen LogP contribution in [0, 0.1) is 0 Å². The van der Waals surface area contributed by atoms with Crippen LogP contribution in [0.3, 0.4) is 0 Å². The van der Waals surface area contributed by atoms with Crippen LogP contribution in [-0.4, -0.2) is 39.5 Å². The Bertz CT molecular complexity index is 1260. The first kappa shape index (κ1) is 22.0. The first-order chi connectivity index (χ1) is 15.4.